The highest BCUT2D eigenvalue weighted by molar-refractivity contribution is 5.67. The van der Waals surface area contributed by atoms with E-state index in [2.05, 4.69) is 0 Å². The summed E-state index contributed by atoms with van der Waals surface area (Å²) >= 11 is 0. The van der Waals surface area contributed by atoms with Crippen molar-refractivity contribution in [3.63, 3.8) is 0 Å². The number of halogens is 2. The van der Waals surface area contributed by atoms with Crippen molar-refractivity contribution in [1.29, 1.82) is 0 Å². The van der Waals surface area contributed by atoms with E-state index in [0.717, 1.165) is 6.07 Å². The lowest BCUT2D eigenvalue weighted by Gasteiger charge is -2.06. The molecule has 0 atom stereocenters. The molecule has 88 valence electrons. The summed E-state index contributed by atoms with van der Waals surface area (Å²) in [6.45, 7) is 0. The molecule has 17 heavy (non-hydrogen) atoms. The zero-order valence-corrected chi connectivity index (χ0v) is 9.08. The van der Waals surface area contributed by atoms with Gasteiger partial charge in [-0.2, -0.15) is 0 Å². The summed E-state index contributed by atoms with van der Waals surface area (Å²) in [5.74, 6) is -0.932. The molecule has 0 radical (unpaired) electrons. The lowest BCUT2D eigenvalue weighted by atomic mass is 10.0. The Bertz CT molecular complexity index is 533. The predicted molar refractivity (Wildman–Crippen MR) is 60.0 cm³/mol. The third-order valence-corrected chi connectivity index (χ3v) is 2.32. The lowest BCUT2D eigenvalue weighted by Crippen LogP contribution is -1.87. The van der Waals surface area contributed by atoms with Gasteiger partial charge in [-0.25, -0.2) is 8.78 Å². The van der Waals surface area contributed by atoms with E-state index in [9.17, 15) is 13.9 Å². The van der Waals surface area contributed by atoms with Crippen molar-refractivity contribution in [3.05, 3.63) is 48.0 Å². The summed E-state index contributed by atoms with van der Waals surface area (Å²) in [4.78, 5) is 0. The molecule has 0 amide bonds. The van der Waals surface area contributed by atoms with E-state index in [0.29, 0.717) is 16.9 Å². The maximum atomic E-state index is 13.1. The molecule has 0 bridgehead atoms. The second kappa shape index (κ2) is 4.41. The Morgan fingerprint density at radius 1 is 0.882 bits per heavy atom. The fourth-order valence-electron chi connectivity index (χ4n) is 1.59. The van der Waals surface area contributed by atoms with E-state index in [1.54, 1.807) is 6.07 Å². The molecule has 0 aliphatic heterocycles. The number of ether oxygens (including phenoxy) is 1. The van der Waals surface area contributed by atoms with Gasteiger partial charge in [0.15, 0.2) is 0 Å². The third kappa shape index (κ3) is 2.53. The smallest absolute Gasteiger partial charge is 0.126 e. The van der Waals surface area contributed by atoms with Crippen LogP contribution in [0.15, 0.2) is 36.4 Å². The van der Waals surface area contributed by atoms with Gasteiger partial charge in [0, 0.05) is 12.1 Å². The van der Waals surface area contributed by atoms with E-state index in [1.807, 2.05) is 0 Å². The minimum absolute atomic E-state index is 0.0241. The number of phenolic OH excluding ortho intramolecular Hbond substituents is 1. The van der Waals surface area contributed by atoms with Crippen LogP contribution in [-0.2, 0) is 0 Å². The van der Waals surface area contributed by atoms with Crippen LogP contribution >= 0.6 is 0 Å². The van der Waals surface area contributed by atoms with Crippen molar-refractivity contribution in [2.45, 2.75) is 0 Å². The molecule has 0 heterocycles. The van der Waals surface area contributed by atoms with Crippen molar-refractivity contribution in [1.82, 2.24) is 0 Å². The van der Waals surface area contributed by atoms with Crippen LogP contribution in [0.1, 0.15) is 0 Å². The standard InChI is InChI=1S/C13H10F2O2/c1-17-13-5-9(4-12(16)7-13)8-2-10(14)6-11(15)3-8/h2-7,16H,1H3. The van der Waals surface area contributed by atoms with Crippen LogP contribution in [0.4, 0.5) is 8.78 Å². The fraction of sp³-hybridized carbons (Fsp3) is 0.0769. The summed E-state index contributed by atoms with van der Waals surface area (Å²) in [6.07, 6.45) is 0. The largest absolute Gasteiger partial charge is 0.508 e. The molecule has 2 aromatic rings. The zero-order chi connectivity index (χ0) is 12.4. The van der Waals surface area contributed by atoms with Crippen molar-refractivity contribution in [2.75, 3.05) is 7.11 Å². The van der Waals surface area contributed by atoms with E-state index in [1.165, 1.54) is 31.4 Å². The highest BCUT2D eigenvalue weighted by atomic mass is 19.1. The van der Waals surface area contributed by atoms with Gasteiger partial charge >= 0.3 is 0 Å². The van der Waals surface area contributed by atoms with Gasteiger partial charge in [-0.1, -0.05) is 0 Å². The van der Waals surface area contributed by atoms with Crippen LogP contribution in [0.2, 0.25) is 0 Å². The Balaban J connectivity index is 2.55. The van der Waals surface area contributed by atoms with Crippen LogP contribution in [0, 0.1) is 11.6 Å². The molecule has 0 aliphatic rings. The molecule has 4 heteroatoms. The Labute approximate surface area is 97.1 Å². The highest BCUT2D eigenvalue weighted by Crippen LogP contribution is 2.29. The molecular weight excluding hydrogens is 226 g/mol. The SMILES string of the molecule is COc1cc(O)cc(-c2cc(F)cc(F)c2)c1. The van der Waals surface area contributed by atoms with Crippen molar-refractivity contribution < 1.29 is 18.6 Å². The summed E-state index contributed by atoms with van der Waals surface area (Å²) in [5.41, 5.74) is 0.831. The number of phenols is 1. The Hall–Kier alpha value is -2.10. The molecule has 0 saturated heterocycles. The average molecular weight is 236 g/mol. The van der Waals surface area contributed by atoms with E-state index in [4.69, 9.17) is 4.74 Å². The topological polar surface area (TPSA) is 29.5 Å². The van der Waals surface area contributed by atoms with E-state index < -0.39 is 11.6 Å². The first-order chi connectivity index (χ1) is 8.08. The molecule has 0 saturated carbocycles. The molecule has 2 rings (SSSR count). The molecule has 2 aromatic carbocycles. The summed E-state index contributed by atoms with van der Waals surface area (Å²) < 4.78 is 31.1. The third-order valence-electron chi connectivity index (χ3n) is 2.32. The van der Waals surface area contributed by atoms with Crippen LogP contribution in [0.25, 0.3) is 11.1 Å². The summed E-state index contributed by atoms with van der Waals surface area (Å²) in [7, 11) is 1.45. The molecule has 0 spiro atoms. The number of hydrogen-bond acceptors (Lipinski definition) is 2. The molecule has 0 fully saturated rings. The van der Waals surface area contributed by atoms with E-state index in [-0.39, 0.29) is 5.75 Å². The number of methoxy groups -OCH3 is 1. The van der Waals surface area contributed by atoms with Gasteiger partial charge in [0.05, 0.1) is 7.11 Å². The Kier molecular flexibility index (Phi) is 2.95. The van der Waals surface area contributed by atoms with Crippen molar-refractivity contribution in [2.24, 2.45) is 0 Å². The second-order valence-electron chi connectivity index (χ2n) is 3.58. The predicted octanol–water partition coefficient (Wildman–Crippen LogP) is 3.35. The van der Waals surface area contributed by atoms with Crippen molar-refractivity contribution >= 4 is 0 Å². The molecular formula is C13H10F2O2. The molecule has 0 unspecified atom stereocenters. The van der Waals surface area contributed by atoms with Crippen molar-refractivity contribution in [3.8, 4) is 22.6 Å². The van der Waals surface area contributed by atoms with Gasteiger partial charge in [-0.15, -0.1) is 0 Å². The van der Waals surface area contributed by atoms with Crippen LogP contribution < -0.4 is 4.74 Å². The first-order valence-electron chi connectivity index (χ1n) is 4.93. The number of aromatic hydroxyl groups is 1. The van der Waals surface area contributed by atoms with Gasteiger partial charge in [-0.3, -0.25) is 0 Å². The number of benzene rings is 2. The van der Waals surface area contributed by atoms with Gasteiger partial charge in [0.2, 0.25) is 0 Å². The maximum Gasteiger partial charge on any atom is 0.126 e. The average Bonchev–Trinajstić information content (AvgIpc) is 2.26. The van der Waals surface area contributed by atoms with Gasteiger partial charge in [-0.05, 0) is 35.4 Å². The zero-order valence-electron chi connectivity index (χ0n) is 9.08. The Morgan fingerprint density at radius 3 is 2.06 bits per heavy atom. The normalized spacial score (nSPS) is 10.3. The maximum absolute atomic E-state index is 13.1. The van der Waals surface area contributed by atoms with Crippen LogP contribution in [0.3, 0.4) is 0 Å². The Morgan fingerprint density at radius 2 is 1.47 bits per heavy atom. The lowest BCUT2D eigenvalue weighted by molar-refractivity contribution is 0.408. The fourth-order valence-corrected chi connectivity index (χ4v) is 1.59. The molecule has 0 aliphatic carbocycles. The number of rotatable bonds is 2. The minimum Gasteiger partial charge on any atom is -0.508 e. The van der Waals surface area contributed by atoms with Crippen LogP contribution in [0.5, 0.6) is 11.5 Å². The summed E-state index contributed by atoms with van der Waals surface area (Å²) in [6, 6.07) is 7.60. The quantitative estimate of drug-likeness (QED) is 0.866. The molecule has 0 aromatic heterocycles. The van der Waals surface area contributed by atoms with Gasteiger partial charge < -0.3 is 9.84 Å². The molecule has 2 nitrogen and oxygen atoms in total. The first-order valence-corrected chi connectivity index (χ1v) is 4.93. The minimum atomic E-state index is -0.665. The number of hydrogen-bond donors (Lipinski definition) is 1. The van der Waals surface area contributed by atoms with Gasteiger partial charge in [0.25, 0.3) is 0 Å². The monoisotopic (exact) mass is 236 g/mol. The molecule has 1 N–H and O–H groups in total. The summed E-state index contributed by atoms with van der Waals surface area (Å²) in [5, 5.41) is 9.46. The van der Waals surface area contributed by atoms with Crippen LogP contribution in [-0.4, -0.2) is 12.2 Å². The van der Waals surface area contributed by atoms with E-state index >= 15 is 0 Å². The highest BCUT2D eigenvalue weighted by Gasteiger charge is 2.06. The van der Waals surface area contributed by atoms with Gasteiger partial charge in [0.1, 0.15) is 23.1 Å². The first kappa shape index (κ1) is 11.4. The second-order valence-corrected chi connectivity index (χ2v) is 3.58.